The number of amides is 2. The van der Waals surface area contributed by atoms with Crippen LogP contribution in [0.3, 0.4) is 0 Å². The number of nitrogens with zero attached hydrogens (tertiary/aromatic N) is 2. The minimum atomic E-state index is -4.64. The lowest BCUT2D eigenvalue weighted by atomic mass is 10.1. The van der Waals surface area contributed by atoms with Crippen LogP contribution in [0, 0.1) is 0 Å². The predicted molar refractivity (Wildman–Crippen MR) is 73.5 cm³/mol. The molecule has 2 amide bonds. The minimum Gasteiger partial charge on any atom is -0.274 e. The third-order valence-corrected chi connectivity index (χ3v) is 3.72. The number of fused-ring (bicyclic) bond motifs is 1. The average molecular weight is 329 g/mol. The Morgan fingerprint density at radius 3 is 2.55 bits per heavy atom. The molecule has 1 aliphatic rings. The van der Waals surface area contributed by atoms with Gasteiger partial charge in [-0.2, -0.15) is 13.2 Å². The molecule has 0 saturated carbocycles. The molecule has 0 aliphatic carbocycles. The van der Waals surface area contributed by atoms with Crippen LogP contribution < -0.4 is 4.90 Å². The molecule has 2 aromatic rings. The summed E-state index contributed by atoms with van der Waals surface area (Å²) in [7, 11) is 0. The van der Waals surface area contributed by atoms with Gasteiger partial charge in [0.1, 0.15) is 5.38 Å². The number of hydrogen-bond donors (Lipinski definition) is 0. The molecule has 1 fully saturated rings. The van der Waals surface area contributed by atoms with Crippen LogP contribution in [0.1, 0.15) is 12.0 Å². The van der Waals surface area contributed by atoms with E-state index in [0.29, 0.717) is 4.90 Å². The monoisotopic (exact) mass is 328 g/mol. The molecular weight excluding hydrogens is 321 g/mol. The van der Waals surface area contributed by atoms with Gasteiger partial charge in [-0.3, -0.25) is 14.6 Å². The molecule has 1 aromatic heterocycles. The number of pyridine rings is 1. The molecule has 114 valence electrons. The van der Waals surface area contributed by atoms with Crippen LogP contribution in [-0.4, -0.2) is 22.2 Å². The molecule has 1 saturated heterocycles. The number of hydrogen-bond acceptors (Lipinski definition) is 3. The molecule has 8 heteroatoms. The maximum atomic E-state index is 13.2. The molecule has 1 aliphatic heterocycles. The van der Waals surface area contributed by atoms with E-state index in [2.05, 4.69) is 4.98 Å². The van der Waals surface area contributed by atoms with E-state index in [1.165, 1.54) is 18.2 Å². The Balaban J connectivity index is 2.31. The zero-order chi connectivity index (χ0) is 16.1. The Hall–Kier alpha value is -2.15. The Labute approximate surface area is 127 Å². The number of rotatable bonds is 1. The molecule has 1 unspecified atom stereocenters. The number of halogens is 4. The van der Waals surface area contributed by atoms with Gasteiger partial charge in [0, 0.05) is 11.6 Å². The van der Waals surface area contributed by atoms with Gasteiger partial charge in [0.2, 0.25) is 5.91 Å². The second-order valence-corrected chi connectivity index (χ2v) is 5.29. The van der Waals surface area contributed by atoms with Gasteiger partial charge in [-0.25, -0.2) is 4.90 Å². The molecule has 22 heavy (non-hydrogen) atoms. The summed E-state index contributed by atoms with van der Waals surface area (Å²) in [6.45, 7) is 0. The fraction of sp³-hybridized carbons (Fsp3) is 0.214. The van der Waals surface area contributed by atoms with E-state index < -0.39 is 28.9 Å². The fourth-order valence-electron chi connectivity index (χ4n) is 2.46. The smallest absolute Gasteiger partial charge is 0.274 e. The van der Waals surface area contributed by atoms with Gasteiger partial charge in [-0.05, 0) is 18.2 Å². The predicted octanol–water partition coefficient (Wildman–Crippen LogP) is 3.12. The standard InChI is InChI=1S/C14H8ClF3N2O2/c15-8-6-11(21)20(13(8)22)10-3-1-2-9-12(10)7(4-5-19-9)14(16,17)18/h1-5,8H,6H2. The first-order valence-corrected chi connectivity index (χ1v) is 6.70. The number of aromatic nitrogens is 1. The van der Waals surface area contributed by atoms with Crippen molar-refractivity contribution in [1.29, 1.82) is 0 Å². The van der Waals surface area contributed by atoms with Crippen LogP contribution in [0.4, 0.5) is 18.9 Å². The van der Waals surface area contributed by atoms with E-state index in [9.17, 15) is 22.8 Å². The van der Waals surface area contributed by atoms with Gasteiger partial charge in [-0.15, -0.1) is 11.6 Å². The highest BCUT2D eigenvalue weighted by Gasteiger charge is 2.41. The molecule has 1 atom stereocenters. The maximum Gasteiger partial charge on any atom is 0.417 e. The Kier molecular flexibility index (Phi) is 3.32. The summed E-state index contributed by atoms with van der Waals surface area (Å²) in [6, 6.07) is 4.92. The maximum absolute atomic E-state index is 13.2. The summed E-state index contributed by atoms with van der Waals surface area (Å²) >= 11 is 5.73. The molecule has 2 heterocycles. The molecule has 0 bridgehead atoms. The first-order chi connectivity index (χ1) is 10.3. The van der Waals surface area contributed by atoms with Gasteiger partial charge in [0.05, 0.1) is 23.2 Å². The number of carbonyl (C=O) groups excluding carboxylic acids is 2. The minimum absolute atomic E-state index is 0.0472. The van der Waals surface area contributed by atoms with Gasteiger partial charge in [0.15, 0.2) is 0 Å². The number of carbonyl (C=O) groups is 2. The van der Waals surface area contributed by atoms with E-state index in [0.717, 1.165) is 12.3 Å². The van der Waals surface area contributed by atoms with Crippen molar-refractivity contribution in [3.63, 3.8) is 0 Å². The number of alkyl halides is 4. The Morgan fingerprint density at radius 2 is 1.95 bits per heavy atom. The summed E-state index contributed by atoms with van der Waals surface area (Å²) in [5, 5.41) is -1.35. The normalized spacial score (nSPS) is 19.3. The van der Waals surface area contributed by atoms with Crippen molar-refractivity contribution in [1.82, 2.24) is 4.98 Å². The highest BCUT2D eigenvalue weighted by Crippen LogP contribution is 2.40. The van der Waals surface area contributed by atoms with E-state index >= 15 is 0 Å². The first-order valence-electron chi connectivity index (χ1n) is 6.26. The van der Waals surface area contributed by atoms with Gasteiger partial charge in [-0.1, -0.05) is 6.07 Å². The van der Waals surface area contributed by atoms with Gasteiger partial charge < -0.3 is 0 Å². The van der Waals surface area contributed by atoms with Crippen molar-refractivity contribution < 1.29 is 22.8 Å². The molecule has 4 nitrogen and oxygen atoms in total. The molecular formula is C14H8ClF3N2O2. The van der Waals surface area contributed by atoms with Gasteiger partial charge in [0.25, 0.3) is 5.91 Å². The zero-order valence-electron chi connectivity index (χ0n) is 10.9. The van der Waals surface area contributed by atoms with Crippen LogP contribution in [-0.2, 0) is 15.8 Å². The van der Waals surface area contributed by atoms with Crippen molar-refractivity contribution in [3.8, 4) is 0 Å². The van der Waals surface area contributed by atoms with E-state index in [1.54, 1.807) is 0 Å². The van der Waals surface area contributed by atoms with Crippen molar-refractivity contribution >= 4 is 40.0 Å². The second-order valence-electron chi connectivity index (χ2n) is 4.77. The van der Waals surface area contributed by atoms with E-state index in [4.69, 9.17) is 11.6 Å². The lowest BCUT2D eigenvalue weighted by molar-refractivity contribution is -0.136. The Bertz CT molecular complexity index is 786. The van der Waals surface area contributed by atoms with Gasteiger partial charge >= 0.3 is 6.18 Å². The SMILES string of the molecule is O=C1CC(Cl)C(=O)N1c1cccc2nccc(C(F)(F)F)c12. The third kappa shape index (κ3) is 2.21. The lowest BCUT2D eigenvalue weighted by Gasteiger charge is -2.19. The highest BCUT2D eigenvalue weighted by atomic mass is 35.5. The third-order valence-electron chi connectivity index (χ3n) is 3.38. The largest absolute Gasteiger partial charge is 0.417 e. The molecule has 0 N–H and O–H groups in total. The van der Waals surface area contributed by atoms with Crippen LogP contribution in [0.25, 0.3) is 10.9 Å². The summed E-state index contributed by atoms with van der Waals surface area (Å²) in [5.74, 6) is -1.36. The fourth-order valence-corrected chi connectivity index (χ4v) is 2.69. The quantitative estimate of drug-likeness (QED) is 0.597. The summed E-state index contributed by atoms with van der Waals surface area (Å²) in [4.78, 5) is 28.5. The van der Waals surface area contributed by atoms with Crippen LogP contribution >= 0.6 is 11.6 Å². The summed E-state index contributed by atoms with van der Waals surface area (Å²) in [5.41, 5.74) is -1.05. The number of anilines is 1. The van der Waals surface area contributed by atoms with Crippen molar-refractivity contribution in [2.45, 2.75) is 18.0 Å². The zero-order valence-corrected chi connectivity index (χ0v) is 11.6. The average Bonchev–Trinajstić information content (AvgIpc) is 2.70. The van der Waals surface area contributed by atoms with Crippen LogP contribution in [0.2, 0.25) is 0 Å². The summed E-state index contributed by atoms with van der Waals surface area (Å²) in [6.07, 6.45) is -3.84. The molecule has 3 rings (SSSR count). The first kappa shape index (κ1) is 14.8. The van der Waals surface area contributed by atoms with Crippen LogP contribution in [0.5, 0.6) is 0 Å². The number of imide groups is 1. The highest BCUT2D eigenvalue weighted by molar-refractivity contribution is 6.41. The van der Waals surface area contributed by atoms with Crippen molar-refractivity contribution in [3.05, 3.63) is 36.0 Å². The van der Waals surface area contributed by atoms with Crippen molar-refractivity contribution in [2.75, 3.05) is 4.90 Å². The molecule has 0 radical (unpaired) electrons. The van der Waals surface area contributed by atoms with Crippen LogP contribution in [0.15, 0.2) is 30.5 Å². The lowest BCUT2D eigenvalue weighted by Crippen LogP contribution is -2.31. The second kappa shape index (κ2) is 4.95. The molecule has 1 aromatic carbocycles. The van der Waals surface area contributed by atoms with E-state index in [-0.39, 0.29) is 23.0 Å². The van der Waals surface area contributed by atoms with Crippen molar-refractivity contribution in [2.24, 2.45) is 0 Å². The van der Waals surface area contributed by atoms with E-state index in [1.807, 2.05) is 0 Å². The topological polar surface area (TPSA) is 50.3 Å². The molecule has 0 spiro atoms. The summed E-state index contributed by atoms with van der Waals surface area (Å²) < 4.78 is 39.6. The number of benzene rings is 1. The Morgan fingerprint density at radius 1 is 1.23 bits per heavy atom.